The van der Waals surface area contributed by atoms with E-state index in [0.29, 0.717) is 33.8 Å². The van der Waals surface area contributed by atoms with Crippen molar-refractivity contribution < 1.29 is 27.6 Å². The molecule has 4 aromatic rings. The van der Waals surface area contributed by atoms with Crippen LogP contribution in [0.15, 0.2) is 75.8 Å². The van der Waals surface area contributed by atoms with Gasteiger partial charge in [-0.3, -0.25) is 9.35 Å². The summed E-state index contributed by atoms with van der Waals surface area (Å²) < 4.78 is 39.0. The first-order valence-corrected chi connectivity index (χ1v) is 13.9. The Hall–Kier alpha value is -3.70. The number of phenols is 1. The number of fused-ring (bicyclic) bond motifs is 1. The number of amides is 1. The molecule has 0 aliphatic rings. The lowest BCUT2D eigenvalue weighted by Gasteiger charge is -2.14. The Morgan fingerprint density at radius 3 is 2.44 bits per heavy atom. The van der Waals surface area contributed by atoms with Crippen molar-refractivity contribution >= 4 is 67.1 Å². The minimum Gasteiger partial charge on any atom is -0.505 e. The predicted octanol–water partition coefficient (Wildman–Crippen LogP) is 7.73. The van der Waals surface area contributed by atoms with Crippen LogP contribution in [-0.2, 0) is 16.5 Å². The lowest BCUT2D eigenvalue weighted by atomic mass is 10.0. The van der Waals surface area contributed by atoms with Crippen LogP contribution in [-0.4, -0.2) is 30.6 Å². The van der Waals surface area contributed by atoms with Gasteiger partial charge in [-0.2, -0.15) is 13.5 Å². The standard InChI is InChI=1S/C27H23Cl2N3O6S/c1-3-18-21(13-17(29)14-24(18)39(35,36)37)31-32-25-19-8-6-5-7-15(19)11-20(26(25)33)27(34)30-22-12-16(28)9-10-23(22)38-4-2/h5-14,33H,3-4H2,1-2H3,(H,30,34)(H,35,36,37). The molecule has 0 unspecified atom stereocenters. The van der Waals surface area contributed by atoms with E-state index < -0.39 is 21.8 Å². The molecule has 3 N–H and O–H groups in total. The van der Waals surface area contributed by atoms with Crippen molar-refractivity contribution in [2.45, 2.75) is 25.2 Å². The normalized spacial score (nSPS) is 11.7. The number of phenolic OH excluding ortho intramolecular Hbond substituents is 1. The molecular formula is C27H23Cl2N3O6S. The second-order valence-electron chi connectivity index (χ2n) is 8.30. The van der Waals surface area contributed by atoms with Gasteiger partial charge in [-0.1, -0.05) is 54.4 Å². The van der Waals surface area contributed by atoms with Gasteiger partial charge in [-0.05, 0) is 55.1 Å². The van der Waals surface area contributed by atoms with Crippen LogP contribution in [0.25, 0.3) is 10.8 Å². The molecule has 4 aromatic carbocycles. The van der Waals surface area contributed by atoms with E-state index in [9.17, 15) is 22.9 Å². The van der Waals surface area contributed by atoms with Crippen molar-refractivity contribution in [2.75, 3.05) is 11.9 Å². The summed E-state index contributed by atoms with van der Waals surface area (Å²) in [6.45, 7) is 3.84. The fourth-order valence-corrected chi connectivity index (χ4v) is 5.32. The maximum atomic E-state index is 13.3. The molecule has 202 valence electrons. The third kappa shape index (κ3) is 6.15. The number of benzene rings is 4. The highest BCUT2D eigenvalue weighted by molar-refractivity contribution is 7.85. The van der Waals surface area contributed by atoms with Crippen LogP contribution < -0.4 is 10.1 Å². The molecule has 12 heteroatoms. The number of nitrogens with one attached hydrogen (secondary N) is 1. The fraction of sp³-hybridized carbons (Fsp3) is 0.148. The summed E-state index contributed by atoms with van der Waals surface area (Å²) in [6, 6.07) is 15.7. The van der Waals surface area contributed by atoms with Gasteiger partial charge in [0.25, 0.3) is 16.0 Å². The first kappa shape index (κ1) is 28.3. The molecule has 4 rings (SSSR count). The second-order valence-corrected chi connectivity index (χ2v) is 10.6. The van der Waals surface area contributed by atoms with Gasteiger partial charge in [0, 0.05) is 21.0 Å². The number of halogens is 2. The Balaban J connectivity index is 1.84. The van der Waals surface area contributed by atoms with Crippen LogP contribution in [0.5, 0.6) is 11.5 Å². The van der Waals surface area contributed by atoms with Gasteiger partial charge in [0.05, 0.1) is 23.5 Å². The molecule has 0 fully saturated rings. The van der Waals surface area contributed by atoms with Crippen molar-refractivity contribution in [1.82, 2.24) is 0 Å². The van der Waals surface area contributed by atoms with Gasteiger partial charge in [-0.15, -0.1) is 5.11 Å². The molecule has 1 amide bonds. The molecule has 0 aliphatic carbocycles. The van der Waals surface area contributed by atoms with Crippen molar-refractivity contribution in [3.8, 4) is 11.5 Å². The smallest absolute Gasteiger partial charge is 0.294 e. The highest BCUT2D eigenvalue weighted by atomic mass is 35.5. The Morgan fingerprint density at radius 1 is 1.00 bits per heavy atom. The largest absolute Gasteiger partial charge is 0.505 e. The van der Waals surface area contributed by atoms with Gasteiger partial charge in [0.1, 0.15) is 16.3 Å². The minimum atomic E-state index is -4.58. The van der Waals surface area contributed by atoms with E-state index in [1.807, 2.05) is 0 Å². The molecule has 39 heavy (non-hydrogen) atoms. The summed E-state index contributed by atoms with van der Waals surface area (Å²) in [7, 11) is -4.58. The Bertz CT molecular complexity index is 1720. The summed E-state index contributed by atoms with van der Waals surface area (Å²) in [6.07, 6.45) is 0.192. The Morgan fingerprint density at radius 2 is 1.74 bits per heavy atom. The molecule has 0 atom stereocenters. The minimum absolute atomic E-state index is 0.0163. The molecule has 0 aliphatic heterocycles. The molecule has 0 aromatic heterocycles. The Kier molecular flexibility index (Phi) is 8.41. The zero-order valence-corrected chi connectivity index (χ0v) is 23.1. The van der Waals surface area contributed by atoms with Crippen LogP contribution in [0.4, 0.5) is 17.1 Å². The lowest BCUT2D eigenvalue weighted by Crippen LogP contribution is -2.13. The predicted molar refractivity (Wildman–Crippen MR) is 151 cm³/mol. The van der Waals surface area contributed by atoms with Crippen molar-refractivity contribution in [1.29, 1.82) is 0 Å². The average molecular weight is 588 g/mol. The molecule has 0 heterocycles. The van der Waals surface area contributed by atoms with E-state index in [1.54, 1.807) is 50.2 Å². The molecule has 9 nitrogen and oxygen atoms in total. The van der Waals surface area contributed by atoms with Crippen molar-refractivity contribution in [2.24, 2.45) is 10.2 Å². The molecule has 0 spiro atoms. The lowest BCUT2D eigenvalue weighted by molar-refractivity contribution is 0.102. The quantitative estimate of drug-likeness (QED) is 0.142. The summed E-state index contributed by atoms with van der Waals surface area (Å²) in [4.78, 5) is 12.9. The van der Waals surface area contributed by atoms with E-state index in [1.165, 1.54) is 18.2 Å². The van der Waals surface area contributed by atoms with E-state index in [-0.39, 0.29) is 38.8 Å². The topological polar surface area (TPSA) is 138 Å². The molecule has 0 radical (unpaired) electrons. The average Bonchev–Trinajstić information content (AvgIpc) is 2.88. The van der Waals surface area contributed by atoms with Crippen LogP contribution >= 0.6 is 23.2 Å². The number of nitrogens with zero attached hydrogens (tertiary/aromatic N) is 2. The summed E-state index contributed by atoms with van der Waals surface area (Å²) in [5.41, 5.74) is 0.466. The summed E-state index contributed by atoms with van der Waals surface area (Å²) >= 11 is 12.2. The van der Waals surface area contributed by atoms with Crippen LogP contribution in [0, 0.1) is 0 Å². The van der Waals surface area contributed by atoms with E-state index >= 15 is 0 Å². The first-order valence-electron chi connectivity index (χ1n) is 11.7. The van der Waals surface area contributed by atoms with E-state index in [0.717, 1.165) is 6.07 Å². The molecule has 0 bridgehead atoms. The third-order valence-electron chi connectivity index (χ3n) is 5.77. The van der Waals surface area contributed by atoms with E-state index in [2.05, 4.69) is 15.5 Å². The van der Waals surface area contributed by atoms with Crippen molar-refractivity contribution in [3.63, 3.8) is 0 Å². The monoisotopic (exact) mass is 587 g/mol. The fourth-order valence-electron chi connectivity index (χ4n) is 4.04. The van der Waals surface area contributed by atoms with Crippen molar-refractivity contribution in [3.05, 3.63) is 81.8 Å². The van der Waals surface area contributed by atoms with Crippen LogP contribution in [0.2, 0.25) is 10.0 Å². The summed E-state index contributed by atoms with van der Waals surface area (Å²) in [5.74, 6) is -0.702. The molecular weight excluding hydrogens is 565 g/mol. The summed E-state index contributed by atoms with van der Waals surface area (Å²) in [5, 5.41) is 23.7. The maximum Gasteiger partial charge on any atom is 0.294 e. The molecule has 0 saturated carbocycles. The van der Waals surface area contributed by atoms with Gasteiger partial charge in [0.15, 0.2) is 5.75 Å². The third-order valence-corrected chi connectivity index (χ3v) is 7.14. The number of carbonyl (C=O) groups excluding carboxylic acids is 1. The number of aromatic hydroxyl groups is 1. The highest BCUT2D eigenvalue weighted by Gasteiger charge is 2.22. The van der Waals surface area contributed by atoms with E-state index in [4.69, 9.17) is 27.9 Å². The highest BCUT2D eigenvalue weighted by Crippen LogP contribution is 2.41. The van der Waals surface area contributed by atoms with Gasteiger partial charge < -0.3 is 15.2 Å². The number of anilines is 1. The van der Waals surface area contributed by atoms with Crippen LogP contribution in [0.3, 0.4) is 0 Å². The number of hydrogen-bond acceptors (Lipinski definition) is 7. The van der Waals surface area contributed by atoms with Gasteiger partial charge >= 0.3 is 0 Å². The van der Waals surface area contributed by atoms with Gasteiger partial charge in [-0.25, -0.2) is 0 Å². The number of hydrogen-bond donors (Lipinski definition) is 3. The SMILES string of the molecule is CCOc1ccc(Cl)cc1NC(=O)c1cc2ccccc2c(N=Nc2cc(Cl)cc(S(=O)(=O)O)c2CC)c1O. The number of ether oxygens (including phenoxy) is 1. The number of azo groups is 1. The van der Waals surface area contributed by atoms with Gasteiger partial charge in [0.2, 0.25) is 0 Å². The maximum absolute atomic E-state index is 13.3. The second kappa shape index (κ2) is 11.6. The zero-order valence-electron chi connectivity index (χ0n) is 20.8. The van der Waals surface area contributed by atoms with Crippen LogP contribution in [0.1, 0.15) is 29.8 Å². The zero-order chi connectivity index (χ0) is 28.3. The number of carbonyl (C=O) groups is 1. The Labute approximate surface area is 234 Å². The first-order chi connectivity index (χ1) is 18.5. The molecule has 0 saturated heterocycles. The number of rotatable bonds is 8.